The van der Waals surface area contributed by atoms with Crippen LogP contribution in [0.5, 0.6) is 5.75 Å². The molecule has 3 rings (SSSR count). The number of rotatable bonds is 3. The second-order valence-corrected chi connectivity index (χ2v) is 6.28. The number of fused-ring (bicyclic) bond motifs is 1. The molecule has 4 nitrogen and oxygen atoms in total. The topological polar surface area (TPSA) is 56.3 Å². The highest BCUT2D eigenvalue weighted by molar-refractivity contribution is 7.87. The van der Waals surface area contributed by atoms with Crippen LogP contribution in [0.4, 0.5) is 22.0 Å². The Kier molecular flexibility index (Phi) is 4.07. The minimum atomic E-state index is -4.93. The van der Waals surface area contributed by atoms with Crippen molar-refractivity contribution in [1.82, 2.24) is 4.98 Å². The van der Waals surface area contributed by atoms with Gasteiger partial charge in [-0.05, 0) is 12.1 Å². The SMILES string of the molecule is O=S(=O)(Oc1c(F)c(F)c(F)c(F)c1F)c1cccc2cccnc12. The highest BCUT2D eigenvalue weighted by atomic mass is 32.2. The number of hydrogen-bond acceptors (Lipinski definition) is 4. The van der Waals surface area contributed by atoms with Crippen LogP contribution < -0.4 is 4.18 Å². The van der Waals surface area contributed by atoms with Gasteiger partial charge in [0.2, 0.25) is 34.8 Å². The van der Waals surface area contributed by atoms with E-state index in [0.29, 0.717) is 5.39 Å². The Morgan fingerprint density at radius 2 is 1.36 bits per heavy atom. The third-order valence-electron chi connectivity index (χ3n) is 3.23. The van der Waals surface area contributed by atoms with Crippen molar-refractivity contribution >= 4 is 21.0 Å². The number of nitrogens with zero attached hydrogens (tertiary/aromatic N) is 1. The van der Waals surface area contributed by atoms with Gasteiger partial charge in [0.25, 0.3) is 0 Å². The molecule has 0 aliphatic rings. The Bertz CT molecular complexity index is 1070. The van der Waals surface area contributed by atoms with Crippen molar-refractivity contribution in [3.05, 3.63) is 65.6 Å². The van der Waals surface area contributed by atoms with E-state index in [4.69, 9.17) is 0 Å². The average Bonchev–Trinajstić information content (AvgIpc) is 2.61. The fourth-order valence-corrected chi connectivity index (χ4v) is 3.20. The third-order valence-corrected chi connectivity index (χ3v) is 4.48. The van der Waals surface area contributed by atoms with Crippen molar-refractivity contribution in [1.29, 1.82) is 0 Å². The summed E-state index contributed by atoms with van der Waals surface area (Å²) in [5.74, 6) is -13.8. The molecule has 1 heterocycles. The van der Waals surface area contributed by atoms with E-state index in [0.717, 1.165) is 6.07 Å². The van der Waals surface area contributed by atoms with Gasteiger partial charge in [0, 0.05) is 11.6 Å². The number of aromatic nitrogens is 1. The molecule has 0 radical (unpaired) electrons. The summed E-state index contributed by atoms with van der Waals surface area (Å²) >= 11 is 0. The van der Waals surface area contributed by atoms with E-state index in [1.54, 1.807) is 0 Å². The summed E-state index contributed by atoms with van der Waals surface area (Å²) in [7, 11) is -4.93. The van der Waals surface area contributed by atoms with Crippen molar-refractivity contribution in [3.63, 3.8) is 0 Å². The minimum Gasteiger partial charge on any atom is -0.372 e. The van der Waals surface area contributed by atoms with Crippen LogP contribution in [-0.2, 0) is 10.1 Å². The maximum atomic E-state index is 13.6. The summed E-state index contributed by atoms with van der Waals surface area (Å²) in [4.78, 5) is 3.24. The first kappa shape index (κ1) is 17.1. The van der Waals surface area contributed by atoms with Gasteiger partial charge in [-0.15, -0.1) is 0 Å². The summed E-state index contributed by atoms with van der Waals surface area (Å²) in [5, 5.41) is 0.365. The molecule has 130 valence electrons. The second-order valence-electron chi connectivity index (χ2n) is 4.77. The first-order chi connectivity index (χ1) is 11.7. The fourth-order valence-electron chi connectivity index (χ4n) is 2.09. The first-order valence-electron chi connectivity index (χ1n) is 6.53. The molecule has 25 heavy (non-hydrogen) atoms. The molecule has 0 unspecified atom stereocenters. The van der Waals surface area contributed by atoms with Crippen LogP contribution in [0, 0.1) is 29.1 Å². The molecule has 2 aromatic carbocycles. The number of pyridine rings is 1. The third kappa shape index (κ3) is 2.78. The number of halogens is 5. The van der Waals surface area contributed by atoms with Crippen molar-refractivity contribution in [2.45, 2.75) is 4.90 Å². The van der Waals surface area contributed by atoms with E-state index in [-0.39, 0.29) is 5.52 Å². The summed E-state index contributed by atoms with van der Waals surface area (Å²) in [5.41, 5.74) is -0.0890. The minimum absolute atomic E-state index is 0.0890. The van der Waals surface area contributed by atoms with Crippen molar-refractivity contribution in [2.24, 2.45) is 0 Å². The standard InChI is InChI=1S/C15H6F5NO3S/c16-9-10(17)12(19)15(13(20)11(9)18)24-25(22,23)8-5-1-3-7-4-2-6-21-14(7)8/h1-6H. The van der Waals surface area contributed by atoms with Crippen molar-refractivity contribution in [2.75, 3.05) is 0 Å². The van der Waals surface area contributed by atoms with Crippen LogP contribution in [0.15, 0.2) is 41.4 Å². The van der Waals surface area contributed by atoms with Gasteiger partial charge in [-0.3, -0.25) is 4.98 Å². The monoisotopic (exact) mass is 375 g/mol. The Balaban J connectivity index is 2.18. The lowest BCUT2D eigenvalue weighted by atomic mass is 10.2. The molecule has 10 heteroatoms. The van der Waals surface area contributed by atoms with Gasteiger partial charge in [-0.1, -0.05) is 18.2 Å². The van der Waals surface area contributed by atoms with Gasteiger partial charge >= 0.3 is 10.1 Å². The molecule has 0 saturated carbocycles. The molecule has 1 aromatic heterocycles. The summed E-state index contributed by atoms with van der Waals surface area (Å²) in [6.07, 6.45) is 1.26. The maximum Gasteiger partial charge on any atom is 0.341 e. The molecular formula is C15H6F5NO3S. The quantitative estimate of drug-likeness (QED) is 0.303. The maximum absolute atomic E-state index is 13.6. The molecule has 3 aromatic rings. The molecule has 0 aliphatic carbocycles. The normalized spacial score (nSPS) is 11.7. The van der Waals surface area contributed by atoms with Crippen LogP contribution in [0.25, 0.3) is 10.9 Å². The zero-order valence-corrected chi connectivity index (χ0v) is 12.8. The lowest BCUT2D eigenvalue weighted by Gasteiger charge is -2.11. The van der Waals surface area contributed by atoms with E-state index in [1.807, 2.05) is 0 Å². The average molecular weight is 375 g/mol. The molecule has 0 atom stereocenters. The van der Waals surface area contributed by atoms with Gasteiger partial charge in [0.05, 0.1) is 5.52 Å². The van der Waals surface area contributed by atoms with E-state index >= 15 is 0 Å². The first-order valence-corrected chi connectivity index (χ1v) is 7.94. The number of hydrogen-bond donors (Lipinski definition) is 0. The van der Waals surface area contributed by atoms with E-state index in [9.17, 15) is 30.4 Å². The molecule has 0 aliphatic heterocycles. The zero-order valence-electron chi connectivity index (χ0n) is 11.9. The predicted octanol–water partition coefficient (Wildman–Crippen LogP) is 3.70. The van der Waals surface area contributed by atoms with Gasteiger partial charge in [-0.2, -0.15) is 17.2 Å². The molecule has 0 fully saturated rings. The van der Waals surface area contributed by atoms with Crippen LogP contribution in [0.3, 0.4) is 0 Å². The summed E-state index contributed by atoms with van der Waals surface area (Å²) in [6.45, 7) is 0. The van der Waals surface area contributed by atoms with Gasteiger partial charge in [0.1, 0.15) is 4.90 Å². The molecule has 0 amide bonds. The second kappa shape index (κ2) is 5.96. The Morgan fingerprint density at radius 3 is 2.00 bits per heavy atom. The smallest absolute Gasteiger partial charge is 0.341 e. The van der Waals surface area contributed by atoms with E-state index < -0.39 is 49.8 Å². The molecule has 0 bridgehead atoms. The fraction of sp³-hybridized carbons (Fsp3) is 0. The van der Waals surface area contributed by atoms with E-state index in [1.165, 1.54) is 30.5 Å². The van der Waals surface area contributed by atoms with Crippen molar-refractivity contribution < 1.29 is 34.6 Å². The molecule has 0 spiro atoms. The lowest BCUT2D eigenvalue weighted by molar-refractivity contribution is 0.347. The highest BCUT2D eigenvalue weighted by Crippen LogP contribution is 2.32. The van der Waals surface area contributed by atoms with Crippen LogP contribution in [0.1, 0.15) is 0 Å². The predicted molar refractivity (Wildman–Crippen MR) is 75.8 cm³/mol. The Hall–Kier alpha value is -2.75. The van der Waals surface area contributed by atoms with Crippen LogP contribution in [0.2, 0.25) is 0 Å². The lowest BCUT2D eigenvalue weighted by Crippen LogP contribution is -2.15. The molecule has 0 N–H and O–H groups in total. The van der Waals surface area contributed by atoms with Crippen molar-refractivity contribution in [3.8, 4) is 5.75 Å². The largest absolute Gasteiger partial charge is 0.372 e. The Labute approximate surface area is 137 Å². The highest BCUT2D eigenvalue weighted by Gasteiger charge is 2.31. The summed E-state index contributed by atoms with van der Waals surface area (Å²) < 4.78 is 95.5. The Morgan fingerprint density at radius 1 is 0.800 bits per heavy atom. The molecular weight excluding hydrogens is 369 g/mol. The van der Waals surface area contributed by atoms with Crippen LogP contribution >= 0.6 is 0 Å². The van der Waals surface area contributed by atoms with Gasteiger partial charge in [0.15, 0.2) is 0 Å². The summed E-state index contributed by atoms with van der Waals surface area (Å²) in [6, 6.07) is 6.87. The number of para-hydroxylation sites is 1. The van der Waals surface area contributed by atoms with Crippen LogP contribution in [-0.4, -0.2) is 13.4 Å². The molecule has 0 saturated heterocycles. The number of benzene rings is 2. The van der Waals surface area contributed by atoms with Gasteiger partial charge < -0.3 is 4.18 Å². The van der Waals surface area contributed by atoms with E-state index in [2.05, 4.69) is 9.17 Å². The zero-order chi connectivity index (χ0) is 18.4. The van der Waals surface area contributed by atoms with Gasteiger partial charge in [-0.25, -0.2) is 13.2 Å².